The lowest BCUT2D eigenvalue weighted by atomic mass is 10.1. The number of benzene rings is 1. The Bertz CT molecular complexity index is 365. The number of alkyl halides is 3. The molecule has 0 aliphatic rings. The summed E-state index contributed by atoms with van der Waals surface area (Å²) in [7, 11) is 0. The fourth-order valence-electron chi connectivity index (χ4n) is 2.22. The summed E-state index contributed by atoms with van der Waals surface area (Å²) in [5.74, 6) is 0. The van der Waals surface area contributed by atoms with E-state index in [0.717, 1.165) is 6.42 Å². The number of hydrogen-bond donors (Lipinski definition) is 1. The van der Waals surface area contributed by atoms with Gasteiger partial charge in [-0.2, -0.15) is 13.2 Å². The molecule has 0 aromatic heterocycles. The van der Waals surface area contributed by atoms with Crippen LogP contribution in [0.15, 0.2) is 30.3 Å². The second kappa shape index (κ2) is 8.27. The molecule has 1 rings (SSSR count). The van der Waals surface area contributed by atoms with Crippen molar-refractivity contribution in [1.29, 1.82) is 0 Å². The number of halogens is 3. The zero-order valence-corrected chi connectivity index (χ0v) is 11.9. The molecule has 20 heavy (non-hydrogen) atoms. The molecule has 1 aromatic carbocycles. The number of rotatable bonds is 8. The minimum absolute atomic E-state index is 0.232. The van der Waals surface area contributed by atoms with Crippen molar-refractivity contribution in [2.45, 2.75) is 38.4 Å². The fourth-order valence-corrected chi connectivity index (χ4v) is 2.22. The first-order valence-corrected chi connectivity index (χ1v) is 6.99. The van der Waals surface area contributed by atoms with E-state index in [1.54, 1.807) is 0 Å². The van der Waals surface area contributed by atoms with E-state index in [9.17, 15) is 13.2 Å². The second-order valence-corrected chi connectivity index (χ2v) is 5.13. The van der Waals surface area contributed by atoms with Crippen LogP contribution in [0.1, 0.15) is 25.3 Å². The van der Waals surface area contributed by atoms with Crippen LogP contribution in [0.5, 0.6) is 0 Å². The lowest BCUT2D eigenvalue weighted by molar-refractivity contribution is -0.146. The zero-order valence-electron chi connectivity index (χ0n) is 11.9. The van der Waals surface area contributed by atoms with Crippen LogP contribution in [-0.2, 0) is 6.42 Å². The molecule has 114 valence electrons. The van der Waals surface area contributed by atoms with E-state index in [2.05, 4.69) is 0 Å². The Balaban J connectivity index is 2.39. The van der Waals surface area contributed by atoms with E-state index in [-0.39, 0.29) is 6.04 Å². The van der Waals surface area contributed by atoms with Gasteiger partial charge in [0.15, 0.2) is 0 Å². The molecule has 2 nitrogen and oxygen atoms in total. The maximum Gasteiger partial charge on any atom is 0.401 e. The van der Waals surface area contributed by atoms with Gasteiger partial charge in [0.05, 0.1) is 6.54 Å². The Hall–Kier alpha value is -1.07. The maximum absolute atomic E-state index is 12.4. The van der Waals surface area contributed by atoms with Gasteiger partial charge in [0.25, 0.3) is 0 Å². The zero-order chi connectivity index (χ0) is 15.0. The van der Waals surface area contributed by atoms with Gasteiger partial charge in [0.2, 0.25) is 0 Å². The van der Waals surface area contributed by atoms with Gasteiger partial charge in [-0.1, -0.05) is 37.3 Å². The van der Waals surface area contributed by atoms with Crippen LogP contribution in [0.2, 0.25) is 0 Å². The van der Waals surface area contributed by atoms with Gasteiger partial charge in [-0.05, 0) is 31.4 Å². The first-order chi connectivity index (χ1) is 9.40. The molecule has 0 spiro atoms. The minimum Gasteiger partial charge on any atom is -0.327 e. The predicted octanol–water partition coefficient (Wildman–Crippen LogP) is 3.22. The van der Waals surface area contributed by atoms with E-state index < -0.39 is 12.7 Å². The molecule has 2 N–H and O–H groups in total. The summed E-state index contributed by atoms with van der Waals surface area (Å²) >= 11 is 0. The largest absolute Gasteiger partial charge is 0.401 e. The second-order valence-electron chi connectivity index (χ2n) is 5.13. The highest BCUT2D eigenvalue weighted by Gasteiger charge is 2.30. The van der Waals surface area contributed by atoms with Crippen LogP contribution in [0.3, 0.4) is 0 Å². The molecule has 0 amide bonds. The lowest BCUT2D eigenvalue weighted by Gasteiger charge is -2.26. The molecule has 0 radical (unpaired) electrons. The summed E-state index contributed by atoms with van der Waals surface area (Å²) < 4.78 is 37.3. The number of nitrogens with zero attached hydrogens (tertiary/aromatic N) is 1. The lowest BCUT2D eigenvalue weighted by Crippen LogP contribution is -2.42. The summed E-state index contributed by atoms with van der Waals surface area (Å²) in [4.78, 5) is 1.40. The Labute approximate surface area is 118 Å². The van der Waals surface area contributed by atoms with Gasteiger partial charge in [0, 0.05) is 12.6 Å². The molecule has 0 saturated carbocycles. The standard InChI is InChI=1S/C15H23F3N2/c1-2-10-20(12-15(16,17)18)11-14(19)9-8-13-6-4-3-5-7-13/h3-7,14H,2,8-12,19H2,1H3. The third kappa shape index (κ3) is 7.50. The van der Waals surface area contributed by atoms with Gasteiger partial charge in [-0.15, -0.1) is 0 Å². The molecule has 5 heteroatoms. The van der Waals surface area contributed by atoms with E-state index >= 15 is 0 Å². The van der Waals surface area contributed by atoms with Crippen molar-refractivity contribution in [2.24, 2.45) is 5.73 Å². The van der Waals surface area contributed by atoms with Gasteiger partial charge in [-0.25, -0.2) is 0 Å². The third-order valence-electron chi connectivity index (χ3n) is 3.08. The molecular weight excluding hydrogens is 265 g/mol. The summed E-state index contributed by atoms with van der Waals surface area (Å²) in [5.41, 5.74) is 7.13. The Morgan fingerprint density at radius 2 is 1.85 bits per heavy atom. The maximum atomic E-state index is 12.4. The molecule has 1 unspecified atom stereocenters. The fraction of sp³-hybridized carbons (Fsp3) is 0.600. The van der Waals surface area contributed by atoms with E-state index in [1.165, 1.54) is 10.5 Å². The topological polar surface area (TPSA) is 29.3 Å². The van der Waals surface area contributed by atoms with Crippen LogP contribution in [0, 0.1) is 0 Å². The van der Waals surface area contributed by atoms with Gasteiger partial charge >= 0.3 is 6.18 Å². The molecule has 0 saturated heterocycles. The molecule has 0 heterocycles. The Morgan fingerprint density at radius 3 is 2.40 bits per heavy atom. The molecule has 0 aliphatic carbocycles. The quantitative estimate of drug-likeness (QED) is 0.796. The third-order valence-corrected chi connectivity index (χ3v) is 3.08. The smallest absolute Gasteiger partial charge is 0.327 e. The number of aryl methyl sites for hydroxylation is 1. The SMILES string of the molecule is CCCN(CC(N)CCc1ccccc1)CC(F)(F)F. The Morgan fingerprint density at radius 1 is 1.20 bits per heavy atom. The molecule has 1 atom stereocenters. The van der Waals surface area contributed by atoms with Gasteiger partial charge in [0.1, 0.15) is 0 Å². The van der Waals surface area contributed by atoms with Crippen molar-refractivity contribution < 1.29 is 13.2 Å². The predicted molar refractivity (Wildman–Crippen MR) is 75.5 cm³/mol. The van der Waals surface area contributed by atoms with Crippen molar-refractivity contribution in [3.63, 3.8) is 0 Å². The number of hydrogen-bond acceptors (Lipinski definition) is 2. The average molecular weight is 288 g/mol. The summed E-state index contributed by atoms with van der Waals surface area (Å²) in [6.07, 6.45) is -1.97. The van der Waals surface area contributed by atoms with Crippen molar-refractivity contribution in [2.75, 3.05) is 19.6 Å². The first-order valence-electron chi connectivity index (χ1n) is 6.99. The first kappa shape index (κ1) is 17.0. The van der Waals surface area contributed by atoms with Crippen molar-refractivity contribution in [3.05, 3.63) is 35.9 Å². The van der Waals surface area contributed by atoms with E-state index in [1.807, 2.05) is 37.3 Å². The highest BCUT2D eigenvalue weighted by atomic mass is 19.4. The Kier molecular flexibility index (Phi) is 7.02. The van der Waals surface area contributed by atoms with Gasteiger partial charge in [-0.3, -0.25) is 4.90 Å². The molecule has 1 aromatic rings. The summed E-state index contributed by atoms with van der Waals surface area (Å²) in [6, 6.07) is 9.62. The normalized spacial score (nSPS) is 13.7. The van der Waals surface area contributed by atoms with Crippen LogP contribution < -0.4 is 5.73 Å². The molecule has 0 aliphatic heterocycles. The van der Waals surface area contributed by atoms with Crippen LogP contribution in [0.25, 0.3) is 0 Å². The summed E-state index contributed by atoms with van der Waals surface area (Å²) in [6.45, 7) is 1.72. The van der Waals surface area contributed by atoms with Crippen molar-refractivity contribution in [1.82, 2.24) is 4.90 Å². The van der Waals surface area contributed by atoms with Crippen LogP contribution >= 0.6 is 0 Å². The highest BCUT2D eigenvalue weighted by molar-refractivity contribution is 5.14. The molecular formula is C15H23F3N2. The van der Waals surface area contributed by atoms with Crippen LogP contribution in [0.4, 0.5) is 13.2 Å². The average Bonchev–Trinajstić information content (AvgIpc) is 2.36. The van der Waals surface area contributed by atoms with Gasteiger partial charge < -0.3 is 5.73 Å². The minimum atomic E-state index is -4.16. The monoisotopic (exact) mass is 288 g/mol. The van der Waals surface area contributed by atoms with E-state index in [0.29, 0.717) is 25.9 Å². The number of nitrogens with two attached hydrogens (primary N) is 1. The van der Waals surface area contributed by atoms with Crippen molar-refractivity contribution in [3.8, 4) is 0 Å². The molecule has 0 bridgehead atoms. The van der Waals surface area contributed by atoms with Crippen molar-refractivity contribution >= 4 is 0 Å². The van der Waals surface area contributed by atoms with Crippen LogP contribution in [-0.4, -0.2) is 36.8 Å². The highest BCUT2D eigenvalue weighted by Crippen LogP contribution is 2.17. The summed E-state index contributed by atoms with van der Waals surface area (Å²) in [5, 5.41) is 0. The molecule has 0 fully saturated rings. The van der Waals surface area contributed by atoms with E-state index in [4.69, 9.17) is 5.73 Å².